The van der Waals surface area contributed by atoms with Crippen LogP contribution >= 0.6 is 0 Å². The van der Waals surface area contributed by atoms with Gasteiger partial charge in [-0.1, -0.05) is 47.6 Å². The molecule has 6 rings (SSSR count). The van der Waals surface area contributed by atoms with Crippen LogP contribution in [0.3, 0.4) is 0 Å². The summed E-state index contributed by atoms with van der Waals surface area (Å²) in [4.78, 5) is 48.1. The minimum absolute atomic E-state index is 0.0523. The van der Waals surface area contributed by atoms with E-state index in [4.69, 9.17) is 4.52 Å². The number of rotatable bonds is 4. The molecule has 1 aromatic heterocycles. The standard InChI is InChI=1S/C29H21FN4O4/c1-16-22(17(2)38-32-16)15-33-24-14-8-6-12-21(24)25(20-11-5-7-13-23(20)30)31-26(29(33)37)34-27(35)18-9-3-4-10-19(18)28(34)36/h3-14,26H,15H2,1-2H3/t26-/m0/s1. The smallest absolute Gasteiger partial charge is 0.273 e. The van der Waals surface area contributed by atoms with Gasteiger partial charge in [0, 0.05) is 16.7 Å². The topological polar surface area (TPSA) is 96.1 Å². The fourth-order valence-corrected chi connectivity index (χ4v) is 4.93. The highest BCUT2D eigenvalue weighted by molar-refractivity contribution is 6.25. The normalized spacial score (nSPS) is 16.9. The van der Waals surface area contributed by atoms with Gasteiger partial charge in [-0.2, -0.15) is 0 Å². The number of carbonyl (C=O) groups is 3. The Hall–Kier alpha value is -4.92. The van der Waals surface area contributed by atoms with Gasteiger partial charge in [-0.15, -0.1) is 0 Å². The van der Waals surface area contributed by atoms with Crippen LogP contribution in [0, 0.1) is 19.7 Å². The van der Waals surface area contributed by atoms with E-state index in [2.05, 4.69) is 10.1 Å². The van der Waals surface area contributed by atoms with E-state index >= 15 is 4.39 Å². The van der Waals surface area contributed by atoms with Crippen molar-refractivity contribution in [3.63, 3.8) is 0 Å². The van der Waals surface area contributed by atoms with E-state index in [0.29, 0.717) is 28.3 Å². The van der Waals surface area contributed by atoms with Crippen LogP contribution in [-0.4, -0.2) is 39.7 Å². The monoisotopic (exact) mass is 508 g/mol. The van der Waals surface area contributed by atoms with Gasteiger partial charge in [0.15, 0.2) is 0 Å². The lowest BCUT2D eigenvalue weighted by atomic mass is 9.99. The maximum atomic E-state index is 15.1. The Morgan fingerprint density at radius 1 is 0.816 bits per heavy atom. The molecule has 3 aromatic carbocycles. The number of aliphatic imine (C=N–C) groups is 1. The molecule has 2 aliphatic heterocycles. The van der Waals surface area contributed by atoms with Crippen molar-refractivity contribution >= 4 is 29.1 Å². The van der Waals surface area contributed by atoms with Crippen LogP contribution < -0.4 is 4.90 Å². The average molecular weight is 509 g/mol. The van der Waals surface area contributed by atoms with E-state index < -0.39 is 29.7 Å². The molecule has 0 unspecified atom stereocenters. The summed E-state index contributed by atoms with van der Waals surface area (Å²) in [5.74, 6) is -1.90. The van der Waals surface area contributed by atoms with Crippen molar-refractivity contribution in [2.75, 3.05) is 4.90 Å². The number of carbonyl (C=O) groups excluding carboxylic acids is 3. The van der Waals surface area contributed by atoms with E-state index in [-0.39, 0.29) is 28.9 Å². The van der Waals surface area contributed by atoms with Gasteiger partial charge in [0.1, 0.15) is 11.6 Å². The molecule has 2 aliphatic rings. The maximum Gasteiger partial charge on any atom is 0.273 e. The van der Waals surface area contributed by atoms with Crippen LogP contribution in [0.15, 0.2) is 82.3 Å². The predicted octanol–water partition coefficient (Wildman–Crippen LogP) is 4.44. The van der Waals surface area contributed by atoms with E-state index in [9.17, 15) is 14.4 Å². The number of anilines is 1. The molecule has 9 heteroatoms. The van der Waals surface area contributed by atoms with Crippen molar-refractivity contribution in [2.45, 2.75) is 26.6 Å². The molecule has 0 N–H and O–H groups in total. The van der Waals surface area contributed by atoms with Crippen LogP contribution in [0.4, 0.5) is 10.1 Å². The van der Waals surface area contributed by atoms with Gasteiger partial charge in [-0.3, -0.25) is 14.4 Å². The Kier molecular flexibility index (Phi) is 5.48. The zero-order valence-corrected chi connectivity index (χ0v) is 20.5. The number of benzene rings is 3. The third-order valence-corrected chi connectivity index (χ3v) is 6.88. The van der Waals surface area contributed by atoms with Gasteiger partial charge in [0.05, 0.1) is 34.8 Å². The summed E-state index contributed by atoms with van der Waals surface area (Å²) in [5, 5.41) is 4.00. The van der Waals surface area contributed by atoms with Gasteiger partial charge >= 0.3 is 0 Å². The first-order valence-corrected chi connectivity index (χ1v) is 12.0. The van der Waals surface area contributed by atoms with Gasteiger partial charge in [0.25, 0.3) is 17.7 Å². The lowest BCUT2D eigenvalue weighted by Crippen LogP contribution is -2.49. The van der Waals surface area contributed by atoms with Gasteiger partial charge in [-0.05, 0) is 44.2 Å². The molecule has 8 nitrogen and oxygen atoms in total. The summed E-state index contributed by atoms with van der Waals surface area (Å²) < 4.78 is 20.4. The second-order valence-electron chi connectivity index (χ2n) is 9.10. The van der Waals surface area contributed by atoms with Crippen LogP contribution in [0.5, 0.6) is 0 Å². The molecular weight excluding hydrogens is 487 g/mol. The number of hydrogen-bond acceptors (Lipinski definition) is 6. The lowest BCUT2D eigenvalue weighted by molar-refractivity contribution is -0.122. The third-order valence-electron chi connectivity index (χ3n) is 6.88. The van der Waals surface area contributed by atoms with Gasteiger partial charge in [-0.25, -0.2) is 14.3 Å². The SMILES string of the molecule is Cc1noc(C)c1CN1C(=O)[C@H](N2C(=O)c3ccccc3C2=O)N=C(c2ccccc2F)c2ccccc21. The average Bonchev–Trinajstić information content (AvgIpc) is 3.33. The Labute approximate surface area is 217 Å². The second-order valence-corrected chi connectivity index (χ2v) is 9.10. The first-order chi connectivity index (χ1) is 18.4. The molecule has 188 valence electrons. The number of nitrogens with zero attached hydrogens (tertiary/aromatic N) is 4. The van der Waals surface area contributed by atoms with Crippen molar-refractivity contribution < 1.29 is 23.3 Å². The van der Waals surface area contributed by atoms with Crippen LogP contribution in [0.25, 0.3) is 0 Å². The predicted molar refractivity (Wildman–Crippen MR) is 136 cm³/mol. The molecule has 4 aromatic rings. The van der Waals surface area contributed by atoms with Crippen LogP contribution in [0.1, 0.15) is 48.9 Å². The number of fused-ring (bicyclic) bond motifs is 2. The Bertz CT molecular complexity index is 1620. The summed E-state index contributed by atoms with van der Waals surface area (Å²) in [5.41, 5.74) is 2.91. The van der Waals surface area contributed by atoms with Crippen LogP contribution in [-0.2, 0) is 11.3 Å². The molecule has 0 saturated heterocycles. The minimum Gasteiger partial charge on any atom is -0.361 e. The molecule has 0 fully saturated rings. The van der Waals surface area contributed by atoms with Crippen molar-refractivity contribution in [1.82, 2.24) is 10.1 Å². The molecule has 1 atom stereocenters. The summed E-state index contributed by atoms with van der Waals surface area (Å²) in [6.45, 7) is 3.56. The highest BCUT2D eigenvalue weighted by Gasteiger charge is 2.46. The summed E-state index contributed by atoms with van der Waals surface area (Å²) in [6, 6.07) is 19.4. The van der Waals surface area contributed by atoms with Crippen LogP contribution in [0.2, 0.25) is 0 Å². The number of amides is 3. The highest BCUT2D eigenvalue weighted by atomic mass is 19.1. The molecule has 0 spiro atoms. The summed E-state index contributed by atoms with van der Waals surface area (Å²) in [6.07, 6.45) is -1.56. The molecule has 3 amide bonds. The van der Waals surface area contributed by atoms with E-state index in [0.717, 1.165) is 4.90 Å². The zero-order valence-electron chi connectivity index (χ0n) is 20.5. The number of imide groups is 1. The Balaban J connectivity index is 1.58. The molecule has 0 radical (unpaired) electrons. The first kappa shape index (κ1) is 23.5. The van der Waals surface area contributed by atoms with Crippen molar-refractivity contribution in [2.24, 2.45) is 4.99 Å². The molecule has 38 heavy (non-hydrogen) atoms. The van der Waals surface area contributed by atoms with Crippen molar-refractivity contribution in [3.8, 4) is 0 Å². The molecule has 3 heterocycles. The molecule has 0 bridgehead atoms. The fraction of sp³-hybridized carbons (Fsp3) is 0.138. The minimum atomic E-state index is -1.56. The van der Waals surface area contributed by atoms with Gasteiger partial charge < -0.3 is 9.42 Å². The van der Waals surface area contributed by atoms with Crippen molar-refractivity contribution in [1.29, 1.82) is 0 Å². The highest BCUT2D eigenvalue weighted by Crippen LogP contribution is 2.34. The molecule has 0 saturated carbocycles. The zero-order chi connectivity index (χ0) is 26.6. The maximum absolute atomic E-state index is 15.1. The molecule has 0 aliphatic carbocycles. The Morgan fingerprint density at radius 2 is 1.39 bits per heavy atom. The summed E-state index contributed by atoms with van der Waals surface area (Å²) >= 11 is 0. The number of para-hydroxylation sites is 1. The number of hydrogen-bond donors (Lipinski definition) is 0. The lowest BCUT2D eigenvalue weighted by Gasteiger charge is -2.28. The summed E-state index contributed by atoms with van der Waals surface area (Å²) in [7, 11) is 0. The van der Waals surface area contributed by atoms with E-state index in [1.165, 1.54) is 23.1 Å². The van der Waals surface area contributed by atoms with Crippen molar-refractivity contribution in [3.05, 3.63) is 118 Å². The molecular formula is C29H21FN4O4. The Morgan fingerprint density at radius 3 is 2.00 bits per heavy atom. The quantitative estimate of drug-likeness (QED) is 0.380. The largest absolute Gasteiger partial charge is 0.361 e. The number of benzodiazepines with no additional fused rings is 1. The number of aromatic nitrogens is 1. The van der Waals surface area contributed by atoms with E-state index in [1.54, 1.807) is 68.4 Å². The number of halogens is 1. The first-order valence-electron chi connectivity index (χ1n) is 12.0. The number of aryl methyl sites for hydroxylation is 2. The third kappa shape index (κ3) is 3.54. The fourth-order valence-electron chi connectivity index (χ4n) is 4.93. The van der Waals surface area contributed by atoms with E-state index in [1.807, 2.05) is 0 Å². The second kappa shape index (κ2) is 8.88. The van der Waals surface area contributed by atoms with Gasteiger partial charge in [0.2, 0.25) is 6.17 Å².